The molecule has 0 fully saturated rings. The zero-order valence-corrected chi connectivity index (χ0v) is 16.9. The van der Waals surface area contributed by atoms with Gasteiger partial charge in [0, 0.05) is 12.8 Å². The Kier molecular flexibility index (Phi) is 6.22. The molecule has 0 aliphatic rings. The summed E-state index contributed by atoms with van der Waals surface area (Å²) in [6.07, 6.45) is 1.55. The Morgan fingerprint density at radius 3 is 2.22 bits per heavy atom. The highest BCUT2D eigenvalue weighted by molar-refractivity contribution is 5.87. The van der Waals surface area contributed by atoms with E-state index >= 15 is 0 Å². The average molecular weight is 365 g/mol. The summed E-state index contributed by atoms with van der Waals surface area (Å²) in [6, 6.07) is 6.15. The van der Waals surface area contributed by atoms with E-state index in [-0.39, 0.29) is 23.7 Å². The van der Waals surface area contributed by atoms with Crippen molar-refractivity contribution in [3.63, 3.8) is 0 Å². The van der Waals surface area contributed by atoms with Gasteiger partial charge in [-0.25, -0.2) is 4.85 Å². The van der Waals surface area contributed by atoms with E-state index in [1.165, 1.54) is 4.57 Å². The number of aliphatic imine (C=N–C) groups is 1. The fraction of sp³-hybridized carbons (Fsp3) is 0.409. The van der Waals surface area contributed by atoms with Gasteiger partial charge in [-0.3, -0.25) is 14.4 Å². The summed E-state index contributed by atoms with van der Waals surface area (Å²) >= 11 is 0. The van der Waals surface area contributed by atoms with Crippen molar-refractivity contribution in [1.29, 1.82) is 0 Å². The second-order valence-electron chi connectivity index (χ2n) is 7.22. The molecule has 0 saturated heterocycles. The van der Waals surface area contributed by atoms with Crippen LogP contribution in [0, 0.1) is 13.5 Å². The van der Waals surface area contributed by atoms with Gasteiger partial charge in [0.2, 0.25) is 5.69 Å². The van der Waals surface area contributed by atoms with Gasteiger partial charge in [0.05, 0.1) is 17.8 Å². The number of pyridine rings is 1. The third-order valence-corrected chi connectivity index (χ3v) is 4.80. The zero-order valence-electron chi connectivity index (χ0n) is 16.9. The van der Waals surface area contributed by atoms with Crippen LogP contribution in [-0.2, 0) is 6.54 Å². The second-order valence-corrected chi connectivity index (χ2v) is 7.22. The van der Waals surface area contributed by atoms with Crippen molar-refractivity contribution >= 4 is 17.6 Å². The van der Waals surface area contributed by atoms with Crippen molar-refractivity contribution < 1.29 is 5.11 Å². The molecule has 0 atom stereocenters. The Hall–Kier alpha value is -2.87. The summed E-state index contributed by atoms with van der Waals surface area (Å²) < 4.78 is 1.21. The predicted octanol–water partition coefficient (Wildman–Crippen LogP) is 5.43. The molecule has 5 nitrogen and oxygen atoms in total. The minimum atomic E-state index is -0.336. The van der Waals surface area contributed by atoms with E-state index in [0.29, 0.717) is 23.0 Å². The minimum absolute atomic E-state index is 0.0964. The van der Waals surface area contributed by atoms with Crippen molar-refractivity contribution in [3.8, 4) is 5.88 Å². The molecule has 2 aromatic rings. The number of benzene rings is 1. The van der Waals surface area contributed by atoms with Gasteiger partial charge >= 0.3 is 0 Å². The van der Waals surface area contributed by atoms with Gasteiger partial charge in [0.1, 0.15) is 0 Å². The Morgan fingerprint density at radius 2 is 1.78 bits per heavy atom. The van der Waals surface area contributed by atoms with Gasteiger partial charge in [0.15, 0.2) is 5.88 Å². The van der Waals surface area contributed by atoms with Crippen molar-refractivity contribution in [2.75, 3.05) is 0 Å². The number of hydrogen-bond donors (Lipinski definition) is 1. The molecule has 1 aromatic carbocycles. The molecule has 0 spiro atoms. The fourth-order valence-electron chi connectivity index (χ4n) is 3.19. The van der Waals surface area contributed by atoms with Crippen LogP contribution in [0.3, 0.4) is 0 Å². The lowest BCUT2D eigenvalue weighted by molar-refractivity contribution is 0.414. The van der Waals surface area contributed by atoms with Crippen molar-refractivity contribution in [3.05, 3.63) is 62.2 Å². The first-order chi connectivity index (χ1) is 12.7. The Bertz CT molecular complexity index is 950. The largest absolute Gasteiger partial charge is 0.503 e. The highest BCUT2D eigenvalue weighted by Crippen LogP contribution is 2.35. The maximum atomic E-state index is 12.8. The van der Waals surface area contributed by atoms with Crippen LogP contribution < -0.4 is 5.56 Å². The molecular weight excluding hydrogens is 338 g/mol. The summed E-state index contributed by atoms with van der Waals surface area (Å²) in [5, 5.41) is 10.2. The Labute approximate surface area is 160 Å². The van der Waals surface area contributed by atoms with Crippen molar-refractivity contribution in [1.82, 2.24) is 4.57 Å². The monoisotopic (exact) mass is 365 g/mol. The minimum Gasteiger partial charge on any atom is -0.503 e. The molecule has 0 aliphatic heterocycles. The standard InChI is InChI=1S/C22H27N3O2/c1-8-25-21(26)18(15(6)19(23-7)22(25)27)12-24-20-16(13(2)3)10-9-11-17(20)14(4)5/h9-14,27H,8H2,1-6H3. The van der Waals surface area contributed by atoms with Gasteiger partial charge in [-0.2, -0.15) is 0 Å². The van der Waals surface area contributed by atoms with E-state index in [2.05, 4.69) is 44.7 Å². The smallest absolute Gasteiger partial charge is 0.260 e. The highest BCUT2D eigenvalue weighted by Gasteiger charge is 2.18. The molecule has 27 heavy (non-hydrogen) atoms. The number of hydrogen-bond acceptors (Lipinski definition) is 3. The van der Waals surface area contributed by atoms with Crippen LogP contribution in [0.4, 0.5) is 11.4 Å². The number of aromatic hydroxyl groups is 1. The van der Waals surface area contributed by atoms with Crippen LogP contribution in [0.25, 0.3) is 4.85 Å². The van der Waals surface area contributed by atoms with E-state index in [4.69, 9.17) is 11.6 Å². The third-order valence-electron chi connectivity index (χ3n) is 4.80. The number of nitrogens with zero attached hydrogens (tertiary/aromatic N) is 3. The van der Waals surface area contributed by atoms with Crippen LogP contribution in [0.1, 0.15) is 68.7 Å². The van der Waals surface area contributed by atoms with Crippen molar-refractivity contribution in [2.45, 2.75) is 59.9 Å². The first-order valence-electron chi connectivity index (χ1n) is 9.25. The lowest BCUT2D eigenvalue weighted by atomic mass is 9.93. The van der Waals surface area contributed by atoms with E-state index in [1.807, 2.05) is 6.07 Å². The molecular formula is C22H27N3O2. The fourth-order valence-corrected chi connectivity index (χ4v) is 3.19. The van der Waals surface area contributed by atoms with Gasteiger partial charge in [-0.05, 0) is 42.4 Å². The second kappa shape index (κ2) is 8.22. The maximum absolute atomic E-state index is 12.8. The van der Waals surface area contributed by atoms with Crippen LogP contribution in [0.5, 0.6) is 5.88 Å². The zero-order chi connectivity index (χ0) is 20.3. The first-order valence-corrected chi connectivity index (χ1v) is 9.25. The van der Waals surface area contributed by atoms with Gasteiger partial charge in [-0.1, -0.05) is 45.9 Å². The summed E-state index contributed by atoms with van der Waals surface area (Å²) in [5.41, 5.74) is 3.67. The molecule has 0 bridgehead atoms. The molecule has 0 unspecified atom stereocenters. The topological polar surface area (TPSA) is 59.0 Å². The summed E-state index contributed by atoms with van der Waals surface area (Å²) in [7, 11) is 0. The van der Waals surface area contributed by atoms with Gasteiger partial charge in [-0.15, -0.1) is 0 Å². The third kappa shape index (κ3) is 3.80. The number of aromatic nitrogens is 1. The number of para-hydroxylation sites is 1. The SMILES string of the molecule is [C-]#[N+]c1c(C)c(C=Nc2c(C(C)C)cccc2C(C)C)c(=O)n(CC)c1O. The molecule has 5 heteroatoms. The summed E-state index contributed by atoms with van der Waals surface area (Å²) in [5.74, 6) is 0.309. The van der Waals surface area contributed by atoms with Crippen LogP contribution >= 0.6 is 0 Å². The first kappa shape index (κ1) is 20.4. The molecule has 0 radical (unpaired) electrons. The molecule has 1 heterocycles. The highest BCUT2D eigenvalue weighted by atomic mass is 16.3. The van der Waals surface area contributed by atoms with Gasteiger partial charge in [0.25, 0.3) is 5.56 Å². The van der Waals surface area contributed by atoms with E-state index < -0.39 is 0 Å². The Morgan fingerprint density at radius 1 is 1.22 bits per heavy atom. The van der Waals surface area contributed by atoms with E-state index in [1.54, 1.807) is 20.1 Å². The van der Waals surface area contributed by atoms with Crippen LogP contribution in [0.15, 0.2) is 28.0 Å². The molecule has 1 aromatic heterocycles. The Balaban J connectivity index is 2.74. The predicted molar refractivity (Wildman–Crippen MR) is 111 cm³/mol. The average Bonchev–Trinajstić information content (AvgIpc) is 2.61. The summed E-state index contributed by atoms with van der Waals surface area (Å²) in [6.45, 7) is 19.5. The van der Waals surface area contributed by atoms with Crippen molar-refractivity contribution in [2.24, 2.45) is 4.99 Å². The quantitative estimate of drug-likeness (QED) is 0.567. The normalized spacial score (nSPS) is 11.5. The molecule has 142 valence electrons. The number of rotatable bonds is 5. The van der Waals surface area contributed by atoms with Crippen LogP contribution in [-0.4, -0.2) is 15.9 Å². The molecule has 0 aliphatic carbocycles. The lowest BCUT2D eigenvalue weighted by Crippen LogP contribution is -2.24. The van der Waals surface area contributed by atoms with E-state index in [0.717, 1.165) is 16.8 Å². The molecule has 1 N–H and O–H groups in total. The molecule has 2 rings (SSSR count). The van der Waals surface area contributed by atoms with Gasteiger partial charge < -0.3 is 5.11 Å². The van der Waals surface area contributed by atoms with E-state index in [9.17, 15) is 9.90 Å². The maximum Gasteiger partial charge on any atom is 0.260 e. The lowest BCUT2D eigenvalue weighted by Gasteiger charge is -2.16. The molecule has 0 amide bonds. The van der Waals surface area contributed by atoms with Crippen LogP contribution in [0.2, 0.25) is 0 Å². The summed E-state index contributed by atoms with van der Waals surface area (Å²) in [4.78, 5) is 20.9. The molecule has 0 saturated carbocycles.